The summed E-state index contributed by atoms with van der Waals surface area (Å²) in [6.07, 6.45) is 0.550. The van der Waals surface area contributed by atoms with E-state index in [0.717, 1.165) is 16.6 Å². The van der Waals surface area contributed by atoms with Crippen molar-refractivity contribution in [3.05, 3.63) is 66.1 Å². The van der Waals surface area contributed by atoms with Crippen LogP contribution in [0.15, 0.2) is 55.0 Å². The van der Waals surface area contributed by atoms with E-state index in [1.807, 2.05) is 31.2 Å². The molecule has 9 nitrogen and oxygen atoms in total. The Morgan fingerprint density at radius 3 is 2.63 bits per heavy atom. The standard InChI is InChI=1S/C23H21F3N6O3/c1-13-5-4-6-15(9-13)29-22-28-12-17(14-10-16(21(33)35-3)20(34-2)27-11-14)19(30-22)32-8-7-18(31-32)23(24,25)26/h4-12,18,31H,1-3H3,(H,28,29,30). The van der Waals surface area contributed by atoms with Crippen molar-refractivity contribution in [1.82, 2.24) is 20.4 Å². The Labute approximate surface area is 198 Å². The van der Waals surface area contributed by atoms with Gasteiger partial charge >= 0.3 is 12.1 Å². The zero-order chi connectivity index (χ0) is 25.2. The van der Waals surface area contributed by atoms with Crippen molar-refractivity contribution < 1.29 is 27.4 Å². The Kier molecular flexibility index (Phi) is 6.56. The summed E-state index contributed by atoms with van der Waals surface area (Å²) in [6.45, 7) is 1.92. The van der Waals surface area contributed by atoms with Crippen LogP contribution < -0.4 is 20.5 Å². The number of hydrogen-bond acceptors (Lipinski definition) is 9. The second kappa shape index (κ2) is 9.58. The summed E-state index contributed by atoms with van der Waals surface area (Å²) in [7, 11) is 2.57. The van der Waals surface area contributed by atoms with Gasteiger partial charge in [0.25, 0.3) is 0 Å². The van der Waals surface area contributed by atoms with E-state index in [1.54, 1.807) is 0 Å². The second-order valence-electron chi connectivity index (χ2n) is 7.56. The first-order valence-corrected chi connectivity index (χ1v) is 10.3. The van der Waals surface area contributed by atoms with E-state index in [9.17, 15) is 18.0 Å². The Morgan fingerprint density at radius 1 is 1.17 bits per heavy atom. The number of aromatic nitrogens is 3. The van der Waals surface area contributed by atoms with Crippen molar-refractivity contribution in [3.63, 3.8) is 0 Å². The molecule has 0 fully saturated rings. The highest BCUT2D eigenvalue weighted by Crippen LogP contribution is 2.34. The van der Waals surface area contributed by atoms with Gasteiger partial charge in [-0.25, -0.2) is 20.2 Å². The monoisotopic (exact) mass is 486 g/mol. The van der Waals surface area contributed by atoms with E-state index in [2.05, 4.69) is 25.7 Å². The second-order valence-corrected chi connectivity index (χ2v) is 7.56. The van der Waals surface area contributed by atoms with E-state index in [1.165, 1.54) is 38.9 Å². The SMILES string of the molecule is COC(=O)c1cc(-c2cnc(Nc3cccc(C)c3)nc2N2C=CC(C(F)(F)F)N2)cnc1OC. The number of hydrogen-bond donors (Lipinski definition) is 2. The minimum atomic E-state index is -4.50. The van der Waals surface area contributed by atoms with Crippen molar-refractivity contribution in [1.29, 1.82) is 0 Å². The molecule has 12 heteroatoms. The topological polar surface area (TPSA) is 102 Å². The van der Waals surface area contributed by atoms with Gasteiger partial charge in [0.15, 0.2) is 5.82 Å². The smallest absolute Gasteiger partial charge is 0.409 e. The highest BCUT2D eigenvalue weighted by atomic mass is 19.4. The Morgan fingerprint density at radius 2 is 1.97 bits per heavy atom. The van der Waals surface area contributed by atoms with Crippen LogP contribution in [0.2, 0.25) is 0 Å². The molecule has 4 rings (SSSR count). The van der Waals surface area contributed by atoms with Gasteiger partial charge in [0.1, 0.15) is 11.6 Å². The van der Waals surface area contributed by atoms with Crippen molar-refractivity contribution in [2.45, 2.75) is 19.1 Å². The number of aryl methyl sites for hydroxylation is 1. The summed E-state index contributed by atoms with van der Waals surface area (Å²) < 4.78 is 49.8. The number of halogens is 3. The molecule has 1 atom stereocenters. The van der Waals surface area contributed by atoms with Crippen LogP contribution in [0.1, 0.15) is 15.9 Å². The van der Waals surface area contributed by atoms with Crippen molar-refractivity contribution >= 4 is 23.4 Å². The van der Waals surface area contributed by atoms with Gasteiger partial charge in [-0.1, -0.05) is 12.1 Å². The lowest BCUT2D eigenvalue weighted by Gasteiger charge is -2.23. The van der Waals surface area contributed by atoms with Gasteiger partial charge in [-0.15, -0.1) is 0 Å². The molecule has 3 heterocycles. The first-order valence-electron chi connectivity index (χ1n) is 10.3. The molecule has 0 spiro atoms. The zero-order valence-corrected chi connectivity index (χ0v) is 18.9. The number of ether oxygens (including phenoxy) is 2. The summed E-state index contributed by atoms with van der Waals surface area (Å²) >= 11 is 0. The molecule has 0 bridgehead atoms. The molecule has 0 radical (unpaired) electrons. The van der Waals surface area contributed by atoms with E-state index in [-0.39, 0.29) is 23.2 Å². The molecule has 35 heavy (non-hydrogen) atoms. The highest BCUT2D eigenvalue weighted by molar-refractivity contribution is 5.94. The van der Waals surface area contributed by atoms with Gasteiger partial charge < -0.3 is 14.8 Å². The number of pyridine rings is 1. The third-order valence-corrected chi connectivity index (χ3v) is 5.09. The molecule has 1 aliphatic heterocycles. The molecule has 182 valence electrons. The number of anilines is 3. The van der Waals surface area contributed by atoms with E-state index >= 15 is 0 Å². The molecular formula is C23H21F3N6O3. The number of carbonyl (C=O) groups is 1. The predicted molar refractivity (Wildman–Crippen MR) is 122 cm³/mol. The van der Waals surface area contributed by atoms with Gasteiger partial charge in [0.05, 0.1) is 14.2 Å². The Bertz CT molecular complexity index is 1280. The number of nitrogens with zero attached hydrogens (tertiary/aromatic N) is 4. The van der Waals surface area contributed by atoms with Crippen LogP contribution in [0.4, 0.5) is 30.6 Å². The lowest BCUT2D eigenvalue weighted by molar-refractivity contribution is -0.142. The molecule has 0 saturated carbocycles. The fraction of sp³-hybridized carbons (Fsp3) is 0.217. The Balaban J connectivity index is 1.78. The average Bonchev–Trinajstić information content (AvgIpc) is 3.34. The lowest BCUT2D eigenvalue weighted by Crippen LogP contribution is -2.44. The number of esters is 1. The average molecular weight is 486 g/mol. The van der Waals surface area contributed by atoms with Crippen LogP contribution in [-0.2, 0) is 4.74 Å². The molecular weight excluding hydrogens is 465 g/mol. The van der Waals surface area contributed by atoms with E-state index in [0.29, 0.717) is 16.8 Å². The maximum Gasteiger partial charge on any atom is 0.409 e. The van der Waals surface area contributed by atoms with Crippen molar-refractivity contribution in [3.8, 4) is 17.0 Å². The summed E-state index contributed by atoms with van der Waals surface area (Å²) in [5.74, 6) is -0.375. The highest BCUT2D eigenvalue weighted by Gasteiger charge is 2.41. The quantitative estimate of drug-likeness (QED) is 0.498. The van der Waals surface area contributed by atoms with E-state index in [4.69, 9.17) is 9.47 Å². The summed E-state index contributed by atoms with van der Waals surface area (Å²) in [5.41, 5.74) is 4.81. The maximum absolute atomic E-state index is 13.3. The van der Waals surface area contributed by atoms with Crippen LogP contribution in [0.5, 0.6) is 5.88 Å². The molecule has 2 aromatic heterocycles. The van der Waals surface area contributed by atoms with Crippen LogP contribution in [0.3, 0.4) is 0 Å². The lowest BCUT2D eigenvalue weighted by atomic mass is 10.1. The Hall–Kier alpha value is -4.19. The van der Waals surface area contributed by atoms with Crippen molar-refractivity contribution in [2.75, 3.05) is 24.5 Å². The number of benzene rings is 1. The van der Waals surface area contributed by atoms with Gasteiger partial charge in [-0.3, -0.25) is 5.01 Å². The first kappa shape index (κ1) is 24.0. The third-order valence-electron chi connectivity index (χ3n) is 5.09. The summed E-state index contributed by atoms with van der Waals surface area (Å²) in [4.78, 5) is 25.1. The normalized spacial score (nSPS) is 15.3. The fourth-order valence-corrected chi connectivity index (χ4v) is 3.41. The third kappa shape index (κ3) is 5.17. The van der Waals surface area contributed by atoms with Crippen LogP contribution in [0, 0.1) is 6.92 Å². The molecule has 0 saturated heterocycles. The van der Waals surface area contributed by atoms with Gasteiger partial charge in [0, 0.05) is 35.4 Å². The molecule has 1 aromatic carbocycles. The van der Waals surface area contributed by atoms with Crippen LogP contribution in [-0.4, -0.2) is 47.4 Å². The minimum Gasteiger partial charge on any atom is -0.480 e. The molecule has 0 amide bonds. The van der Waals surface area contributed by atoms with Gasteiger partial charge in [-0.05, 0) is 36.8 Å². The number of methoxy groups -OCH3 is 2. The van der Waals surface area contributed by atoms with Crippen molar-refractivity contribution in [2.24, 2.45) is 0 Å². The van der Waals surface area contributed by atoms with Gasteiger partial charge in [0.2, 0.25) is 11.8 Å². The van der Waals surface area contributed by atoms with Crippen LogP contribution in [0.25, 0.3) is 11.1 Å². The number of carbonyl (C=O) groups excluding carboxylic acids is 1. The largest absolute Gasteiger partial charge is 0.480 e. The number of rotatable bonds is 6. The minimum absolute atomic E-state index is 0.0390. The van der Waals surface area contributed by atoms with Crippen LogP contribution >= 0.6 is 0 Å². The fourth-order valence-electron chi connectivity index (χ4n) is 3.41. The van der Waals surface area contributed by atoms with Gasteiger partial charge in [-0.2, -0.15) is 18.2 Å². The summed E-state index contributed by atoms with van der Waals surface area (Å²) in [5, 5.41) is 4.20. The molecule has 2 N–H and O–H groups in total. The number of nitrogens with one attached hydrogen (secondary N) is 2. The first-order chi connectivity index (χ1) is 16.7. The summed E-state index contributed by atoms with van der Waals surface area (Å²) in [6, 6.07) is 7.02. The molecule has 3 aromatic rings. The maximum atomic E-state index is 13.3. The number of alkyl halides is 3. The zero-order valence-electron chi connectivity index (χ0n) is 18.9. The molecule has 1 unspecified atom stereocenters. The number of hydrazine groups is 1. The molecule has 1 aliphatic rings. The predicted octanol–water partition coefficient (Wildman–Crippen LogP) is 4.16. The van der Waals surface area contributed by atoms with E-state index < -0.39 is 18.2 Å². The molecule has 0 aliphatic carbocycles.